The molecule has 10 aromatic rings. The van der Waals surface area contributed by atoms with E-state index in [0.717, 1.165) is 121 Å². The number of sulfonamides is 2. The highest BCUT2D eigenvalue weighted by Gasteiger charge is 2.37. The Morgan fingerprint density at radius 2 is 0.774 bits per heavy atom. The second-order valence-electron chi connectivity index (χ2n) is 36.8. The quantitative estimate of drug-likeness (QED) is 0.0225. The molecule has 39 heteroatoms. The molecule has 756 valence electrons. The Hall–Kier alpha value is -16.4. The minimum Gasteiger partial charge on any atom is -0.347 e. The van der Waals surface area contributed by atoms with Crippen molar-refractivity contribution in [2.75, 3.05) is 96.9 Å². The molecule has 7 amide bonds. The molecule has 8 atom stereocenters. The van der Waals surface area contributed by atoms with Gasteiger partial charge in [-0.1, -0.05) is 147 Å². The van der Waals surface area contributed by atoms with Gasteiger partial charge in [0.2, 0.25) is 20.0 Å². The average molecular weight is 2020 g/mol. The molecule has 35 nitrogen and oxygen atoms in total. The van der Waals surface area contributed by atoms with Crippen LogP contribution in [0.25, 0.3) is 33.5 Å². The number of halogens is 2. The van der Waals surface area contributed by atoms with Gasteiger partial charge in [0, 0.05) is 211 Å². The molecule has 8 aromatic carbocycles. The molecule has 2 aromatic heterocycles. The van der Waals surface area contributed by atoms with Crippen LogP contribution in [0.1, 0.15) is 145 Å². The topological polar surface area (TPSA) is 456 Å². The monoisotopic (exact) mass is 2010 g/mol. The molecule has 7 saturated heterocycles. The molecule has 146 heavy (non-hydrogen) atoms. The first-order valence-corrected chi connectivity index (χ1v) is 51.2. The van der Waals surface area contributed by atoms with Crippen molar-refractivity contribution in [1.82, 2.24) is 95.2 Å². The number of aromatic nitrogens is 4. The second kappa shape index (κ2) is 51.0. The number of aryl methyl sites for hydroxylation is 3. The molecule has 0 radical (unpaired) electrons. The minimum atomic E-state index is -3.75. The zero-order valence-corrected chi connectivity index (χ0v) is 83.2. The smallest absolute Gasteiger partial charge is 0.320 e. The molecule has 5 unspecified atom stereocenters. The van der Waals surface area contributed by atoms with Crippen LogP contribution in [-0.2, 0) is 34.1 Å². The number of carbonyl (C=O) groups is 6. The number of amides is 7. The highest BCUT2D eigenvalue weighted by molar-refractivity contribution is 7.89. The van der Waals surface area contributed by atoms with Crippen molar-refractivity contribution in [3.05, 3.63) is 269 Å². The summed E-state index contributed by atoms with van der Waals surface area (Å²) >= 11 is 0. The standard InChI is InChI=1S/C22H23F2N7O.C19H19N3O.C18H21N5O3S.C18H17N3O.C17H22N4O3S.C13H15N3O/c1-5-31-11-16(14-6-7-17(23)18(24)8-14)19(12-31)26-22(32)27-21-13(2)20(28-30(21)4)15-9-25-29(3)10-15;20-14-22-12-4-7-18(13-22)21-19(23)17-10-8-16(9-11-17)15-5-2-1-3-6-15;1-2-22-8-7-16(12-22)21-27(25,26)17-5-3-4-14(10-17)18(24)20-15-6-9-23(11-15)13-19;19-13-21-11-10-17(12-21)20-18(22)16-8-6-15(7-9-16)14-4-2-1-3-5-14;18-12-21-9-8-15(11-21)19-17(22)13-4-3-7-16(10-13)25(23,24)20-14-5-1-2-6-14;1-10-2-4-11(5-3-10)13(17)15-12-6-7-16(8-12)9-14/h1,6-10,16,19H,11-12H2,2-4H3,(H2,26,27,32);1-3,5-6,8-11,18H,4,7,12-13H2,(H,21,23);1,3-5,10,15-16,21H,6-9,11-12H2,(H,20,24);1-9,17H,10-12H2,(H,20,22);3-4,7,10,14-15,20H,1-2,5-6,8-9,11H2,(H,19,22);2-5,12H,6-8H2,1H3,(H,15,17)/t16?,19-;;15?,16-;;;12-/m1.1..1/s1. The Morgan fingerprint density at radius 1 is 0.384 bits per heavy atom. The number of terminal acetylenes is 2. The number of nitriles is 5. The maximum Gasteiger partial charge on any atom is 0.320 e. The van der Waals surface area contributed by atoms with E-state index in [1.165, 1.54) is 30.3 Å². The van der Waals surface area contributed by atoms with Crippen molar-refractivity contribution in [2.24, 2.45) is 14.1 Å². The van der Waals surface area contributed by atoms with E-state index in [0.29, 0.717) is 131 Å². The first-order valence-electron chi connectivity index (χ1n) is 48.2. The lowest BCUT2D eigenvalue weighted by Gasteiger charge is -2.29. The number of anilines is 1. The Balaban J connectivity index is 0.000000148. The van der Waals surface area contributed by atoms with Crippen LogP contribution in [0.5, 0.6) is 0 Å². The van der Waals surface area contributed by atoms with Crippen molar-refractivity contribution >= 4 is 61.4 Å². The number of nitrogens with zero attached hydrogens (tertiary/aromatic N) is 16. The second-order valence-corrected chi connectivity index (χ2v) is 40.3. The van der Waals surface area contributed by atoms with E-state index >= 15 is 0 Å². The predicted octanol–water partition coefficient (Wildman–Crippen LogP) is 10.6. The number of rotatable bonds is 22. The third kappa shape index (κ3) is 29.9. The molecule has 9 N–H and O–H groups in total. The molecule has 18 rings (SSSR count). The van der Waals surface area contributed by atoms with Gasteiger partial charge >= 0.3 is 6.03 Å². The molecule has 8 fully saturated rings. The Morgan fingerprint density at radius 3 is 1.18 bits per heavy atom. The van der Waals surface area contributed by atoms with E-state index in [-0.39, 0.29) is 99.1 Å². The van der Waals surface area contributed by atoms with Crippen LogP contribution in [0.2, 0.25) is 0 Å². The van der Waals surface area contributed by atoms with Crippen LogP contribution < -0.4 is 46.7 Å². The van der Waals surface area contributed by atoms with Crippen molar-refractivity contribution in [3.63, 3.8) is 0 Å². The van der Waals surface area contributed by atoms with Crippen LogP contribution in [0, 0.1) is 108 Å². The third-order valence-electron chi connectivity index (χ3n) is 26.2. The lowest BCUT2D eigenvalue weighted by atomic mass is 9.94. The SMILES string of the molecule is C#CN1CC(c2ccc(F)c(F)c2)[C@H](NC(=O)Nc2c(C)c(-c3cnn(C)c3)nn2C)C1.C#CN1CC[C@@H](NS(=O)(=O)c2cccc(C(=O)NC3CCN(C#N)C3)c2)C1.Cc1ccc(C(=O)N[C@@H]2CCN(C#N)C2)cc1.N#CN1CCC(NC(=O)c2ccc(-c3ccccc3)cc2)C1.N#CN1CCC(NC(=O)c2cccc(S(=O)(=O)NC3CCCC3)c2)C1.N#CN1CCCC(NC(=O)c2ccc(-c3ccccc3)cc2)C1. The Bertz CT molecular complexity index is 6810. The van der Waals surface area contributed by atoms with Crippen LogP contribution in [0.15, 0.2) is 222 Å². The van der Waals surface area contributed by atoms with Crippen LogP contribution >= 0.6 is 0 Å². The maximum absolute atomic E-state index is 13.8. The Kier molecular flexibility index (Phi) is 37.4. The summed E-state index contributed by atoms with van der Waals surface area (Å²) in [5, 5.41) is 73.4. The lowest BCUT2D eigenvalue weighted by molar-refractivity contribution is 0.0912. The summed E-state index contributed by atoms with van der Waals surface area (Å²) in [6.45, 7) is 12.0. The fraction of sp³-hybridized carbons (Fsp3) is 0.355. The van der Waals surface area contributed by atoms with Gasteiger partial charge in [0.15, 0.2) is 42.6 Å². The number of hydrogen-bond donors (Lipinski definition) is 9. The average Bonchev–Trinajstić information content (AvgIpc) is 1.65. The summed E-state index contributed by atoms with van der Waals surface area (Å²) in [6.07, 6.45) is 34.3. The van der Waals surface area contributed by atoms with Crippen LogP contribution in [-0.4, -0.2) is 246 Å². The van der Waals surface area contributed by atoms with E-state index in [1.54, 1.807) is 81.2 Å². The normalized spacial score (nSPS) is 19.2. The van der Waals surface area contributed by atoms with Crippen LogP contribution in [0.4, 0.5) is 19.4 Å². The summed E-state index contributed by atoms with van der Waals surface area (Å²) in [4.78, 5) is 85.9. The number of benzene rings is 8. The van der Waals surface area contributed by atoms with Gasteiger partial charge < -0.3 is 66.2 Å². The number of carbonyl (C=O) groups excluding carboxylic acids is 6. The molecule has 1 saturated carbocycles. The minimum absolute atomic E-state index is 0.0158. The van der Waals surface area contributed by atoms with E-state index in [4.69, 9.17) is 39.2 Å². The van der Waals surface area contributed by atoms with Gasteiger partial charge in [-0.3, -0.25) is 38.7 Å². The summed E-state index contributed by atoms with van der Waals surface area (Å²) in [5.41, 5.74) is 11.1. The van der Waals surface area contributed by atoms with Gasteiger partial charge in [-0.15, -0.1) is 0 Å². The molecule has 1 aliphatic carbocycles. The molecular formula is C107H117F2N25O10S2. The van der Waals surface area contributed by atoms with E-state index in [2.05, 4.69) is 99.9 Å². The van der Waals surface area contributed by atoms with E-state index in [9.17, 15) is 54.4 Å². The zero-order chi connectivity index (χ0) is 104. The van der Waals surface area contributed by atoms with Gasteiger partial charge in [-0.2, -0.15) is 36.5 Å². The van der Waals surface area contributed by atoms with Gasteiger partial charge in [-0.05, 0) is 184 Å². The number of hydrogen-bond acceptors (Lipinski definition) is 24. The predicted molar refractivity (Wildman–Crippen MR) is 545 cm³/mol. The molecule has 8 aliphatic rings. The van der Waals surface area contributed by atoms with E-state index < -0.39 is 37.7 Å². The van der Waals surface area contributed by atoms with Gasteiger partial charge in [0.05, 0.1) is 22.0 Å². The van der Waals surface area contributed by atoms with Crippen molar-refractivity contribution < 1.29 is 54.4 Å². The van der Waals surface area contributed by atoms with Crippen molar-refractivity contribution in [3.8, 4) is 89.4 Å². The number of nitrogens with one attached hydrogen (secondary N) is 9. The number of urea groups is 1. The van der Waals surface area contributed by atoms with Gasteiger partial charge in [0.25, 0.3) is 29.5 Å². The number of likely N-dealkylation sites (tertiary alicyclic amines) is 7. The van der Waals surface area contributed by atoms with E-state index in [1.807, 2.05) is 161 Å². The highest BCUT2D eigenvalue weighted by Crippen LogP contribution is 2.33. The van der Waals surface area contributed by atoms with Crippen molar-refractivity contribution in [2.45, 2.75) is 149 Å². The molecule has 9 heterocycles. The molecule has 0 spiro atoms. The van der Waals surface area contributed by atoms with Gasteiger partial charge in [-0.25, -0.2) is 39.9 Å². The lowest BCUT2D eigenvalue weighted by Crippen LogP contribution is -2.46. The summed E-state index contributed by atoms with van der Waals surface area (Å²) in [5.74, 6) is -2.48. The molecule has 7 aliphatic heterocycles. The first-order chi connectivity index (χ1) is 70.3. The summed E-state index contributed by atoms with van der Waals surface area (Å²) in [6, 6.07) is 62.6. The zero-order valence-electron chi connectivity index (χ0n) is 81.5. The largest absolute Gasteiger partial charge is 0.347 e. The fourth-order valence-corrected chi connectivity index (χ4v) is 20.9. The highest BCUT2D eigenvalue weighted by atomic mass is 32.2. The first kappa shape index (κ1) is 107. The summed E-state index contributed by atoms with van der Waals surface area (Å²) < 4.78 is 86.1. The Labute approximate surface area is 850 Å². The molecule has 0 bridgehead atoms. The maximum atomic E-state index is 13.8. The molecular weight excluding hydrogens is 1900 g/mol. The van der Waals surface area contributed by atoms with Gasteiger partial charge in [0.1, 0.15) is 11.5 Å². The van der Waals surface area contributed by atoms with Crippen molar-refractivity contribution in [1.29, 1.82) is 26.3 Å². The fourth-order valence-electron chi connectivity index (χ4n) is 18.3. The third-order valence-corrected chi connectivity index (χ3v) is 29.3. The number of piperidine rings is 1. The van der Waals surface area contributed by atoms with Crippen LogP contribution in [0.3, 0.4) is 0 Å². The summed E-state index contributed by atoms with van der Waals surface area (Å²) in [7, 11) is -3.81.